The fraction of sp³-hybridized carbons (Fsp3) is 0.714. The zero-order valence-electron chi connectivity index (χ0n) is 23.3. The highest BCUT2D eigenvalue weighted by atomic mass is 32.2. The van der Waals surface area contributed by atoms with Crippen LogP contribution in [0.1, 0.15) is 130 Å². The summed E-state index contributed by atoms with van der Waals surface area (Å²) in [4.78, 5) is 34.5. The number of methoxy groups -OCH3 is 2. The lowest BCUT2D eigenvalue weighted by molar-refractivity contribution is -0.385. The molecule has 0 fully saturated rings. The molecular formula is C28H45NO8S. The molecule has 0 amide bonds. The summed E-state index contributed by atoms with van der Waals surface area (Å²) in [7, 11) is -1.86. The molecule has 0 aliphatic carbocycles. The topological polar surface area (TPSA) is 130 Å². The fourth-order valence-electron chi connectivity index (χ4n) is 4.47. The molecule has 0 aliphatic heterocycles. The van der Waals surface area contributed by atoms with E-state index in [1.807, 2.05) is 0 Å². The molecule has 0 aromatic heterocycles. The maximum Gasteiger partial charge on any atom is 0.344 e. The molecule has 0 spiro atoms. The molecule has 0 saturated heterocycles. The van der Waals surface area contributed by atoms with E-state index in [4.69, 9.17) is 0 Å². The summed E-state index contributed by atoms with van der Waals surface area (Å²) in [5.74, 6) is -2.41. The zero-order valence-corrected chi connectivity index (χ0v) is 24.1. The van der Waals surface area contributed by atoms with E-state index in [2.05, 4.69) is 16.4 Å². The van der Waals surface area contributed by atoms with Crippen LogP contribution in [0.3, 0.4) is 0 Å². The Balaban J connectivity index is 2.46. The van der Waals surface area contributed by atoms with E-state index in [-0.39, 0.29) is 10.6 Å². The highest BCUT2D eigenvalue weighted by Crippen LogP contribution is 2.30. The van der Waals surface area contributed by atoms with E-state index in [1.165, 1.54) is 70.6 Å². The van der Waals surface area contributed by atoms with Gasteiger partial charge in [-0.05, 0) is 18.6 Å². The number of esters is 2. The number of nitro benzene ring substituents is 1. The quantitative estimate of drug-likeness (QED) is 0.0673. The second-order valence-corrected chi connectivity index (χ2v) is 11.8. The summed E-state index contributed by atoms with van der Waals surface area (Å²) in [6.07, 6.45) is 18.7. The Hall–Kier alpha value is -2.49. The number of hydrogen-bond donors (Lipinski definition) is 0. The molecule has 0 atom stereocenters. The van der Waals surface area contributed by atoms with Crippen LogP contribution in [0.25, 0.3) is 0 Å². The van der Waals surface area contributed by atoms with Crippen LogP contribution in [0, 0.1) is 10.1 Å². The van der Waals surface area contributed by atoms with Crippen molar-refractivity contribution < 1.29 is 32.4 Å². The average Bonchev–Trinajstić information content (AvgIpc) is 2.90. The minimum absolute atomic E-state index is 0.190. The number of carbonyl (C=O) groups is 2. The summed E-state index contributed by atoms with van der Waals surface area (Å²) in [6, 6.07) is 1.80. The smallest absolute Gasteiger partial charge is 0.344 e. The van der Waals surface area contributed by atoms with Gasteiger partial charge in [0.2, 0.25) is 0 Å². The molecule has 1 rings (SSSR count). The Morgan fingerprint density at radius 2 is 1.05 bits per heavy atom. The highest BCUT2D eigenvalue weighted by molar-refractivity contribution is 7.91. The first-order chi connectivity index (χ1) is 18.2. The first kappa shape index (κ1) is 33.5. The number of nitrogens with zero attached hydrogens (tertiary/aromatic N) is 1. The summed E-state index contributed by atoms with van der Waals surface area (Å²) < 4.78 is 35.0. The van der Waals surface area contributed by atoms with E-state index in [9.17, 15) is 28.1 Å². The number of unbranched alkanes of at least 4 members (excludes halogenated alkanes) is 15. The fourth-order valence-corrected chi connectivity index (χ4v) is 5.89. The average molecular weight is 556 g/mol. The minimum Gasteiger partial charge on any atom is -0.465 e. The van der Waals surface area contributed by atoms with Crippen molar-refractivity contribution in [3.05, 3.63) is 33.4 Å². The van der Waals surface area contributed by atoms with E-state index < -0.39 is 43.5 Å². The number of rotatable bonds is 21. The monoisotopic (exact) mass is 555 g/mol. The molecule has 0 saturated carbocycles. The minimum atomic E-state index is -3.89. The van der Waals surface area contributed by atoms with Crippen molar-refractivity contribution in [1.29, 1.82) is 0 Å². The van der Waals surface area contributed by atoms with Crippen LogP contribution >= 0.6 is 0 Å². The molecule has 0 aliphatic rings. The third kappa shape index (κ3) is 11.9. The van der Waals surface area contributed by atoms with Crippen LogP contribution in [-0.4, -0.2) is 45.3 Å². The molecule has 0 bridgehead atoms. The first-order valence-corrected chi connectivity index (χ1v) is 15.6. The summed E-state index contributed by atoms with van der Waals surface area (Å²) in [5, 5.41) is 11.5. The molecule has 216 valence electrons. The van der Waals surface area contributed by atoms with Gasteiger partial charge >= 0.3 is 11.9 Å². The van der Waals surface area contributed by atoms with Gasteiger partial charge in [-0.15, -0.1) is 0 Å². The maximum absolute atomic E-state index is 12.9. The third-order valence-electron chi connectivity index (χ3n) is 6.70. The molecule has 0 unspecified atom stereocenters. The Morgan fingerprint density at radius 3 is 1.37 bits per heavy atom. The summed E-state index contributed by atoms with van der Waals surface area (Å²) in [6.45, 7) is 2.24. The molecule has 0 radical (unpaired) electrons. The van der Waals surface area contributed by atoms with Crippen LogP contribution in [0.2, 0.25) is 0 Å². The zero-order chi connectivity index (χ0) is 28.4. The van der Waals surface area contributed by atoms with E-state index >= 15 is 0 Å². The molecular weight excluding hydrogens is 510 g/mol. The van der Waals surface area contributed by atoms with Crippen LogP contribution in [0.15, 0.2) is 17.0 Å². The lowest BCUT2D eigenvalue weighted by atomic mass is 10.0. The number of ether oxygens (including phenoxy) is 2. The van der Waals surface area contributed by atoms with Crippen molar-refractivity contribution in [2.75, 3.05) is 20.0 Å². The molecule has 38 heavy (non-hydrogen) atoms. The van der Waals surface area contributed by atoms with Gasteiger partial charge in [0.05, 0.1) is 29.8 Å². The largest absolute Gasteiger partial charge is 0.465 e. The van der Waals surface area contributed by atoms with Crippen molar-refractivity contribution in [2.24, 2.45) is 0 Å². The SMILES string of the molecule is CCCCCCCCCCCCCCCCCCS(=O)(=O)c1cc(C(=O)OC)c([N+](=O)[O-])c(C(=O)OC)c1. The van der Waals surface area contributed by atoms with Gasteiger partial charge in [0.1, 0.15) is 11.1 Å². The normalized spacial score (nSPS) is 11.3. The van der Waals surface area contributed by atoms with Crippen LogP contribution in [-0.2, 0) is 19.3 Å². The number of carbonyl (C=O) groups excluding carboxylic acids is 2. The molecule has 1 aromatic rings. The third-order valence-corrected chi connectivity index (χ3v) is 8.48. The van der Waals surface area contributed by atoms with Crippen molar-refractivity contribution in [3.8, 4) is 0 Å². The van der Waals surface area contributed by atoms with Gasteiger partial charge in [0.15, 0.2) is 9.84 Å². The van der Waals surface area contributed by atoms with Gasteiger partial charge in [-0.25, -0.2) is 18.0 Å². The summed E-state index contributed by atoms with van der Waals surface area (Å²) >= 11 is 0. The first-order valence-electron chi connectivity index (χ1n) is 13.9. The Kier molecular flexibility index (Phi) is 16.5. The van der Waals surface area contributed by atoms with Crippen molar-refractivity contribution in [2.45, 2.75) is 115 Å². The van der Waals surface area contributed by atoms with Gasteiger partial charge in [0, 0.05) is 0 Å². The number of benzene rings is 1. The van der Waals surface area contributed by atoms with Gasteiger partial charge in [-0.1, -0.05) is 103 Å². The Morgan fingerprint density at radius 1 is 0.711 bits per heavy atom. The number of hydrogen-bond acceptors (Lipinski definition) is 8. The lowest BCUT2D eigenvalue weighted by Gasteiger charge is -2.10. The molecule has 0 N–H and O–H groups in total. The number of nitro groups is 1. The van der Waals surface area contributed by atoms with Crippen LogP contribution < -0.4 is 0 Å². The standard InChI is InChI=1S/C28H45NO8S/c1-4-5-6-7-8-9-10-11-12-13-14-15-16-17-18-19-20-38(34,35)23-21-24(27(30)36-2)26(29(32)33)25(22-23)28(31)37-3/h21-22H,4-20H2,1-3H3. The van der Waals surface area contributed by atoms with E-state index in [1.54, 1.807) is 0 Å². The predicted octanol–water partition coefficient (Wildman–Crippen LogP) is 7.20. The van der Waals surface area contributed by atoms with E-state index in [0.717, 1.165) is 52.0 Å². The van der Waals surface area contributed by atoms with Gasteiger partial charge < -0.3 is 9.47 Å². The summed E-state index contributed by atoms with van der Waals surface area (Å²) in [5.41, 5.74) is -2.05. The maximum atomic E-state index is 12.9. The second-order valence-electron chi connectivity index (χ2n) is 9.73. The molecule has 9 nitrogen and oxygen atoms in total. The van der Waals surface area contributed by atoms with Crippen LogP contribution in [0.5, 0.6) is 0 Å². The second kappa shape index (κ2) is 18.7. The van der Waals surface area contributed by atoms with Crippen molar-refractivity contribution in [3.63, 3.8) is 0 Å². The number of sulfone groups is 1. The van der Waals surface area contributed by atoms with Crippen molar-refractivity contribution >= 4 is 27.5 Å². The Labute approximate surface area is 227 Å². The van der Waals surface area contributed by atoms with Crippen molar-refractivity contribution in [1.82, 2.24) is 0 Å². The highest BCUT2D eigenvalue weighted by Gasteiger charge is 2.33. The van der Waals surface area contributed by atoms with Gasteiger partial charge in [-0.3, -0.25) is 10.1 Å². The van der Waals surface area contributed by atoms with Gasteiger partial charge in [-0.2, -0.15) is 0 Å². The molecule has 0 heterocycles. The van der Waals surface area contributed by atoms with Gasteiger partial charge in [0.25, 0.3) is 5.69 Å². The Bertz CT molecular complexity index is 954. The molecule has 1 aromatic carbocycles. The van der Waals surface area contributed by atoms with E-state index in [0.29, 0.717) is 6.42 Å². The lowest BCUT2D eigenvalue weighted by Crippen LogP contribution is -2.16. The molecule has 10 heteroatoms. The van der Waals surface area contributed by atoms with Crippen LogP contribution in [0.4, 0.5) is 5.69 Å². The predicted molar refractivity (Wildman–Crippen MR) is 147 cm³/mol.